The molecule has 7 heavy (non-hydrogen) atoms. The zero-order valence-electron chi connectivity index (χ0n) is 4.64. The van der Waals surface area contributed by atoms with Crippen LogP contribution >= 0.6 is 0 Å². The number of nitrogens with zero attached hydrogens (tertiary/aromatic N) is 1. The first-order valence-corrected chi connectivity index (χ1v) is 2.18. The second kappa shape index (κ2) is 3.53. The number of hydrogen-bond acceptors (Lipinski definition) is 2. The van der Waals surface area contributed by atoms with Gasteiger partial charge in [-0.05, 0) is 13.8 Å². The van der Waals surface area contributed by atoms with Crippen LogP contribution in [0.2, 0.25) is 0 Å². The van der Waals surface area contributed by atoms with Crippen molar-refractivity contribution in [3.63, 3.8) is 0 Å². The lowest BCUT2D eigenvalue weighted by Crippen LogP contribution is -1.85. The molecule has 2 nitrogen and oxygen atoms in total. The zero-order valence-corrected chi connectivity index (χ0v) is 4.64. The van der Waals surface area contributed by atoms with Crippen LogP contribution in [0.4, 0.5) is 0 Å². The van der Waals surface area contributed by atoms with Crippen molar-refractivity contribution in [2.24, 2.45) is 4.99 Å². The molecule has 0 aromatic rings. The first kappa shape index (κ1) is 6.34. The van der Waals surface area contributed by atoms with E-state index >= 15 is 0 Å². The van der Waals surface area contributed by atoms with Crippen LogP contribution in [-0.4, -0.2) is 18.5 Å². The van der Waals surface area contributed by atoms with E-state index in [0.29, 0.717) is 6.54 Å². The van der Waals surface area contributed by atoms with Gasteiger partial charge in [0.1, 0.15) is 6.29 Å². The summed E-state index contributed by atoms with van der Waals surface area (Å²) in [6.07, 6.45) is 0.785. The number of rotatable bonds is 2. The summed E-state index contributed by atoms with van der Waals surface area (Å²) in [6, 6.07) is 0. The highest BCUT2D eigenvalue weighted by Crippen LogP contribution is 1.69. The maximum Gasteiger partial charge on any atom is 0.141 e. The summed E-state index contributed by atoms with van der Waals surface area (Å²) in [6.45, 7) is 4.04. The van der Waals surface area contributed by atoms with Crippen LogP contribution in [0.5, 0.6) is 0 Å². The van der Waals surface area contributed by atoms with E-state index in [9.17, 15) is 4.79 Å². The van der Waals surface area contributed by atoms with Crippen molar-refractivity contribution in [2.45, 2.75) is 13.8 Å². The van der Waals surface area contributed by atoms with E-state index < -0.39 is 0 Å². The summed E-state index contributed by atoms with van der Waals surface area (Å²) in [7, 11) is 0. The fraction of sp³-hybridized carbons (Fsp3) is 0.600. The molecule has 0 aliphatic heterocycles. The van der Waals surface area contributed by atoms with Gasteiger partial charge >= 0.3 is 0 Å². The molecule has 0 spiro atoms. The minimum atomic E-state index is 0.308. The standard InChI is InChI=1S/C5H9NO/c1-5(2)6-3-4-7/h4H,3H2,1-2H3. The van der Waals surface area contributed by atoms with Crippen molar-refractivity contribution in [1.29, 1.82) is 0 Å². The number of carbonyl (C=O) groups is 1. The van der Waals surface area contributed by atoms with E-state index in [1.165, 1.54) is 0 Å². The zero-order chi connectivity index (χ0) is 5.70. The molecule has 0 heterocycles. The number of carbonyl (C=O) groups excluding carboxylic acids is 1. The summed E-state index contributed by atoms with van der Waals surface area (Å²) in [5.74, 6) is 0. The summed E-state index contributed by atoms with van der Waals surface area (Å²) in [5.41, 5.74) is 0.951. The molecule has 0 bridgehead atoms. The number of aldehydes is 1. The van der Waals surface area contributed by atoms with Gasteiger partial charge in [0.05, 0.1) is 6.54 Å². The van der Waals surface area contributed by atoms with Crippen LogP contribution < -0.4 is 0 Å². The third-order valence-corrected chi connectivity index (χ3v) is 0.482. The molecule has 0 unspecified atom stereocenters. The van der Waals surface area contributed by atoms with Gasteiger partial charge in [0.25, 0.3) is 0 Å². The molecule has 0 aromatic heterocycles. The van der Waals surface area contributed by atoms with E-state index in [0.717, 1.165) is 12.0 Å². The van der Waals surface area contributed by atoms with Crippen LogP contribution in [0.1, 0.15) is 13.8 Å². The Morgan fingerprint density at radius 2 is 2.29 bits per heavy atom. The highest BCUT2D eigenvalue weighted by Gasteiger charge is 1.73. The average Bonchev–Trinajstić information content (AvgIpc) is 1.61. The van der Waals surface area contributed by atoms with Gasteiger partial charge in [-0.1, -0.05) is 0 Å². The maximum atomic E-state index is 9.60. The van der Waals surface area contributed by atoms with E-state index in [-0.39, 0.29) is 0 Å². The van der Waals surface area contributed by atoms with Crippen molar-refractivity contribution >= 4 is 12.0 Å². The molecule has 0 fully saturated rings. The van der Waals surface area contributed by atoms with Crippen molar-refractivity contribution < 1.29 is 4.79 Å². The molecular formula is C5H9NO. The maximum absolute atomic E-state index is 9.60. The molecular weight excluding hydrogens is 90.1 g/mol. The predicted molar refractivity (Wildman–Crippen MR) is 29.7 cm³/mol. The molecule has 0 rings (SSSR count). The van der Waals surface area contributed by atoms with Crippen molar-refractivity contribution in [3.05, 3.63) is 0 Å². The fourth-order valence-corrected chi connectivity index (χ4v) is 0.220. The van der Waals surface area contributed by atoms with Crippen LogP contribution in [0.15, 0.2) is 4.99 Å². The molecule has 0 N–H and O–H groups in total. The van der Waals surface area contributed by atoms with E-state index in [2.05, 4.69) is 4.99 Å². The monoisotopic (exact) mass is 99.1 g/mol. The van der Waals surface area contributed by atoms with E-state index in [1.807, 2.05) is 13.8 Å². The summed E-state index contributed by atoms with van der Waals surface area (Å²) in [4.78, 5) is 13.4. The highest BCUT2D eigenvalue weighted by molar-refractivity contribution is 5.80. The summed E-state index contributed by atoms with van der Waals surface area (Å²) < 4.78 is 0. The second-order valence-electron chi connectivity index (χ2n) is 1.45. The summed E-state index contributed by atoms with van der Waals surface area (Å²) >= 11 is 0. The van der Waals surface area contributed by atoms with Gasteiger partial charge < -0.3 is 4.79 Å². The molecule has 0 aromatic carbocycles. The molecule has 0 atom stereocenters. The van der Waals surface area contributed by atoms with Crippen molar-refractivity contribution in [3.8, 4) is 0 Å². The lowest BCUT2D eigenvalue weighted by molar-refractivity contribution is -0.106. The molecule has 40 valence electrons. The van der Waals surface area contributed by atoms with Gasteiger partial charge in [0.15, 0.2) is 0 Å². The topological polar surface area (TPSA) is 29.4 Å². The third kappa shape index (κ3) is 5.34. The molecule has 0 radical (unpaired) electrons. The van der Waals surface area contributed by atoms with Crippen LogP contribution in [0, 0.1) is 0 Å². The molecule has 0 saturated heterocycles. The Bertz CT molecular complexity index is 82.1. The first-order valence-electron chi connectivity index (χ1n) is 2.18. The minimum Gasteiger partial charge on any atom is -0.301 e. The summed E-state index contributed by atoms with van der Waals surface area (Å²) in [5, 5.41) is 0. The number of hydrogen-bond donors (Lipinski definition) is 0. The van der Waals surface area contributed by atoms with Gasteiger partial charge in [-0.25, -0.2) is 0 Å². The van der Waals surface area contributed by atoms with E-state index in [1.54, 1.807) is 0 Å². The van der Waals surface area contributed by atoms with Crippen molar-refractivity contribution in [2.75, 3.05) is 6.54 Å². The Morgan fingerprint density at radius 3 is 2.43 bits per heavy atom. The average molecular weight is 99.1 g/mol. The number of aliphatic imine (C=N–C) groups is 1. The minimum absolute atomic E-state index is 0.308. The van der Waals surface area contributed by atoms with Crippen LogP contribution in [0.25, 0.3) is 0 Å². The second-order valence-corrected chi connectivity index (χ2v) is 1.45. The SMILES string of the molecule is CC(C)=NCC=O. The van der Waals surface area contributed by atoms with Gasteiger partial charge in [-0.15, -0.1) is 0 Å². The lowest BCUT2D eigenvalue weighted by atomic mass is 10.5. The van der Waals surface area contributed by atoms with Crippen LogP contribution in [0.3, 0.4) is 0 Å². The normalized spacial score (nSPS) is 7.71. The Labute approximate surface area is 43.3 Å². The molecule has 0 amide bonds. The quantitative estimate of drug-likeness (QED) is 0.369. The largest absolute Gasteiger partial charge is 0.301 e. The van der Waals surface area contributed by atoms with Gasteiger partial charge in [-0.3, -0.25) is 4.99 Å². The Balaban J connectivity index is 3.25. The fourth-order valence-electron chi connectivity index (χ4n) is 0.220. The molecule has 0 aliphatic carbocycles. The Kier molecular flexibility index (Phi) is 3.19. The van der Waals surface area contributed by atoms with Crippen LogP contribution in [-0.2, 0) is 4.79 Å². The highest BCUT2D eigenvalue weighted by atomic mass is 16.1. The molecule has 0 saturated carbocycles. The van der Waals surface area contributed by atoms with Gasteiger partial charge in [-0.2, -0.15) is 0 Å². The Hall–Kier alpha value is -0.660. The Morgan fingerprint density at radius 1 is 1.71 bits per heavy atom. The van der Waals surface area contributed by atoms with Gasteiger partial charge in [0, 0.05) is 5.71 Å². The van der Waals surface area contributed by atoms with E-state index in [4.69, 9.17) is 0 Å². The molecule has 0 aliphatic rings. The molecule has 2 heteroatoms. The smallest absolute Gasteiger partial charge is 0.141 e. The predicted octanol–water partition coefficient (Wildman–Crippen LogP) is 0.666. The lowest BCUT2D eigenvalue weighted by Gasteiger charge is -1.80. The first-order chi connectivity index (χ1) is 3.27. The third-order valence-electron chi connectivity index (χ3n) is 0.482. The van der Waals surface area contributed by atoms with Gasteiger partial charge in [0.2, 0.25) is 0 Å². The van der Waals surface area contributed by atoms with Crippen molar-refractivity contribution in [1.82, 2.24) is 0 Å².